The van der Waals surface area contributed by atoms with E-state index < -0.39 is 5.97 Å². The Morgan fingerprint density at radius 2 is 1.73 bits per heavy atom. The van der Waals surface area contributed by atoms with Gasteiger partial charge in [-0.3, -0.25) is 4.79 Å². The van der Waals surface area contributed by atoms with Crippen molar-refractivity contribution in [2.75, 3.05) is 20.8 Å². The fraction of sp³-hybridized carbons (Fsp3) is 0.154. The molecule has 0 amide bonds. The molecule has 0 unspecified atom stereocenters. The summed E-state index contributed by atoms with van der Waals surface area (Å²) >= 11 is 0. The van der Waals surface area contributed by atoms with Crippen LogP contribution in [-0.2, 0) is 0 Å². The Balaban J connectivity index is 1.54. The highest BCUT2D eigenvalue weighted by atomic mass is 16.5. The molecule has 7 heteroatoms. The second-order valence-electron chi connectivity index (χ2n) is 7.03. The molecule has 4 rings (SSSR count). The average Bonchev–Trinajstić information content (AvgIpc) is 3.14. The minimum atomic E-state index is -0.582. The third-order valence-corrected chi connectivity index (χ3v) is 4.98. The first-order valence-corrected chi connectivity index (χ1v) is 10.3. The number of para-hydroxylation sites is 1. The highest BCUT2D eigenvalue weighted by Crippen LogP contribution is 2.36. The van der Waals surface area contributed by atoms with Gasteiger partial charge in [-0.25, -0.2) is 4.79 Å². The van der Waals surface area contributed by atoms with E-state index in [1.165, 1.54) is 26.4 Å². The van der Waals surface area contributed by atoms with Crippen LogP contribution in [0.3, 0.4) is 0 Å². The van der Waals surface area contributed by atoms with Gasteiger partial charge in [-0.1, -0.05) is 18.2 Å². The number of esters is 1. The first-order chi connectivity index (χ1) is 16.0. The van der Waals surface area contributed by atoms with Gasteiger partial charge in [0.05, 0.1) is 32.0 Å². The minimum Gasteiger partial charge on any atom is -0.493 e. The molecule has 7 nitrogen and oxygen atoms in total. The second-order valence-corrected chi connectivity index (χ2v) is 7.03. The molecule has 0 fully saturated rings. The van der Waals surface area contributed by atoms with Crippen molar-refractivity contribution in [2.45, 2.75) is 6.92 Å². The van der Waals surface area contributed by atoms with Gasteiger partial charge in [0, 0.05) is 11.6 Å². The summed E-state index contributed by atoms with van der Waals surface area (Å²) in [5.74, 6) is 1.47. The number of carbonyl (C=O) groups is 2. The molecule has 33 heavy (non-hydrogen) atoms. The largest absolute Gasteiger partial charge is 0.493 e. The Hall–Kier alpha value is -4.26. The van der Waals surface area contributed by atoms with Crippen LogP contribution < -0.4 is 23.7 Å². The molecule has 0 aliphatic carbocycles. The normalized spacial score (nSPS) is 13.3. The van der Waals surface area contributed by atoms with Crippen molar-refractivity contribution in [1.82, 2.24) is 0 Å². The number of allylic oxidation sites excluding steroid dienone is 1. The Bertz CT molecular complexity index is 1240. The van der Waals surface area contributed by atoms with Gasteiger partial charge in [0.2, 0.25) is 5.78 Å². The lowest BCUT2D eigenvalue weighted by Gasteiger charge is -2.10. The van der Waals surface area contributed by atoms with Gasteiger partial charge in [0.15, 0.2) is 17.3 Å². The number of methoxy groups -OCH3 is 2. The predicted octanol–water partition coefficient (Wildman–Crippen LogP) is 4.94. The van der Waals surface area contributed by atoms with Crippen LogP contribution in [0.5, 0.6) is 28.7 Å². The van der Waals surface area contributed by atoms with E-state index in [0.29, 0.717) is 40.7 Å². The second kappa shape index (κ2) is 9.48. The van der Waals surface area contributed by atoms with Gasteiger partial charge in [0.1, 0.15) is 17.2 Å². The van der Waals surface area contributed by atoms with Gasteiger partial charge in [0.25, 0.3) is 0 Å². The van der Waals surface area contributed by atoms with Crippen LogP contribution in [0.4, 0.5) is 0 Å². The molecule has 0 saturated heterocycles. The zero-order valence-corrected chi connectivity index (χ0v) is 18.4. The van der Waals surface area contributed by atoms with E-state index in [1.807, 2.05) is 31.2 Å². The van der Waals surface area contributed by atoms with Crippen LogP contribution in [0.2, 0.25) is 0 Å². The van der Waals surface area contributed by atoms with E-state index in [-0.39, 0.29) is 17.3 Å². The van der Waals surface area contributed by atoms with E-state index >= 15 is 0 Å². The number of carbonyl (C=O) groups excluding carboxylic acids is 2. The summed E-state index contributed by atoms with van der Waals surface area (Å²) in [7, 11) is 3.00. The molecule has 1 heterocycles. The van der Waals surface area contributed by atoms with Crippen LogP contribution >= 0.6 is 0 Å². The first-order valence-electron chi connectivity index (χ1n) is 10.3. The number of rotatable bonds is 7. The van der Waals surface area contributed by atoms with Crippen molar-refractivity contribution in [1.29, 1.82) is 0 Å². The average molecular weight is 446 g/mol. The maximum Gasteiger partial charge on any atom is 0.343 e. The molecule has 0 saturated carbocycles. The Kier molecular flexibility index (Phi) is 6.31. The SMILES string of the molecule is CCOc1ccccc1C=C1Oc2cc(OC(=O)c3ccc(OC)c(OC)c3)ccc2C1=O. The molecular formula is C26H22O7. The van der Waals surface area contributed by atoms with E-state index in [2.05, 4.69) is 0 Å². The first kappa shape index (κ1) is 22.0. The molecule has 1 aliphatic heterocycles. The number of ether oxygens (including phenoxy) is 5. The summed E-state index contributed by atoms with van der Waals surface area (Å²) in [5, 5.41) is 0. The zero-order valence-electron chi connectivity index (χ0n) is 18.4. The summed E-state index contributed by atoms with van der Waals surface area (Å²) in [6.07, 6.45) is 1.64. The Labute approximate surface area is 191 Å². The fourth-order valence-corrected chi connectivity index (χ4v) is 3.39. The summed E-state index contributed by atoms with van der Waals surface area (Å²) in [5.41, 5.74) is 1.41. The fourth-order valence-electron chi connectivity index (χ4n) is 3.39. The van der Waals surface area contributed by atoms with E-state index in [1.54, 1.807) is 30.3 Å². The molecule has 0 N–H and O–H groups in total. The van der Waals surface area contributed by atoms with Crippen molar-refractivity contribution in [3.63, 3.8) is 0 Å². The zero-order chi connectivity index (χ0) is 23.4. The molecule has 3 aromatic carbocycles. The van der Waals surface area contributed by atoms with Gasteiger partial charge in [-0.2, -0.15) is 0 Å². The van der Waals surface area contributed by atoms with Crippen molar-refractivity contribution < 1.29 is 33.3 Å². The third-order valence-electron chi connectivity index (χ3n) is 4.98. The van der Waals surface area contributed by atoms with Crippen LogP contribution in [0.1, 0.15) is 33.2 Å². The number of hydrogen-bond donors (Lipinski definition) is 0. The molecule has 168 valence electrons. The standard InChI is InChI=1S/C26H22O7/c1-4-31-20-8-6-5-7-16(20)13-24-25(27)19-11-10-18(15-22(19)33-24)32-26(28)17-9-12-21(29-2)23(14-17)30-3/h5-15H,4H2,1-3H3. The molecular weight excluding hydrogens is 424 g/mol. The third kappa shape index (κ3) is 4.52. The number of fused-ring (bicyclic) bond motifs is 1. The monoisotopic (exact) mass is 446 g/mol. The van der Waals surface area contributed by atoms with E-state index in [0.717, 1.165) is 5.56 Å². The summed E-state index contributed by atoms with van der Waals surface area (Å²) in [6, 6.07) is 16.8. The maximum absolute atomic E-state index is 12.8. The van der Waals surface area contributed by atoms with Gasteiger partial charge < -0.3 is 23.7 Å². The topological polar surface area (TPSA) is 80.3 Å². The molecule has 3 aromatic rings. The molecule has 0 spiro atoms. The lowest BCUT2D eigenvalue weighted by atomic mass is 10.1. The lowest BCUT2D eigenvalue weighted by Crippen LogP contribution is -2.09. The smallest absolute Gasteiger partial charge is 0.343 e. The molecule has 0 atom stereocenters. The van der Waals surface area contributed by atoms with Crippen LogP contribution in [-0.4, -0.2) is 32.6 Å². The van der Waals surface area contributed by atoms with Crippen molar-refractivity contribution >= 4 is 17.8 Å². The molecule has 0 bridgehead atoms. The number of ketones is 1. The van der Waals surface area contributed by atoms with Gasteiger partial charge in [-0.15, -0.1) is 0 Å². The highest BCUT2D eigenvalue weighted by Gasteiger charge is 2.28. The predicted molar refractivity (Wildman–Crippen MR) is 121 cm³/mol. The van der Waals surface area contributed by atoms with Crippen molar-refractivity contribution in [2.24, 2.45) is 0 Å². The molecule has 1 aliphatic rings. The summed E-state index contributed by atoms with van der Waals surface area (Å²) in [4.78, 5) is 25.4. The van der Waals surface area contributed by atoms with Crippen LogP contribution in [0.25, 0.3) is 6.08 Å². The number of Topliss-reactive ketones (excluding diaryl/α,β-unsaturated/α-hetero) is 1. The minimum absolute atomic E-state index is 0.167. The van der Waals surface area contributed by atoms with Gasteiger partial charge >= 0.3 is 5.97 Å². The van der Waals surface area contributed by atoms with Crippen LogP contribution in [0.15, 0.2) is 66.4 Å². The summed E-state index contributed by atoms with van der Waals surface area (Å²) < 4.78 is 27.3. The molecule has 0 aromatic heterocycles. The number of hydrogen-bond acceptors (Lipinski definition) is 7. The molecule has 0 radical (unpaired) electrons. The van der Waals surface area contributed by atoms with E-state index in [4.69, 9.17) is 23.7 Å². The summed E-state index contributed by atoms with van der Waals surface area (Å²) in [6.45, 7) is 2.39. The lowest BCUT2D eigenvalue weighted by molar-refractivity contribution is 0.0734. The quantitative estimate of drug-likeness (QED) is 0.289. The van der Waals surface area contributed by atoms with E-state index in [9.17, 15) is 9.59 Å². The van der Waals surface area contributed by atoms with Crippen molar-refractivity contribution in [3.05, 3.63) is 83.1 Å². The highest BCUT2D eigenvalue weighted by molar-refractivity contribution is 6.14. The van der Waals surface area contributed by atoms with Gasteiger partial charge in [-0.05, 0) is 49.4 Å². The van der Waals surface area contributed by atoms with Crippen molar-refractivity contribution in [3.8, 4) is 28.7 Å². The number of benzene rings is 3. The van der Waals surface area contributed by atoms with Crippen LogP contribution in [0, 0.1) is 0 Å². The maximum atomic E-state index is 12.8. The Morgan fingerprint density at radius 3 is 2.48 bits per heavy atom. The Morgan fingerprint density at radius 1 is 0.939 bits per heavy atom.